The topological polar surface area (TPSA) is 75.7 Å². The number of hydrogen-bond donors (Lipinski definition) is 1. The number of benzene rings is 3. The number of amides is 4. The van der Waals surface area contributed by atoms with Crippen molar-refractivity contribution in [3.05, 3.63) is 83.4 Å². The molecule has 0 aliphatic carbocycles. The second kappa shape index (κ2) is 7.59. The second-order valence-electron chi connectivity index (χ2n) is 6.63. The van der Waals surface area contributed by atoms with Crippen LogP contribution in [0.25, 0.3) is 16.8 Å². The van der Waals surface area contributed by atoms with Crippen molar-refractivity contribution >= 4 is 34.7 Å². The van der Waals surface area contributed by atoms with Gasteiger partial charge in [-0.05, 0) is 40.1 Å². The molecular weight excluding hydrogens is 368 g/mol. The molecule has 6 nitrogen and oxygen atoms in total. The van der Waals surface area contributed by atoms with Crippen molar-refractivity contribution in [3.63, 3.8) is 0 Å². The highest BCUT2D eigenvalue weighted by molar-refractivity contribution is 6.31. The van der Waals surface area contributed by atoms with Gasteiger partial charge in [-0.2, -0.15) is 0 Å². The molecule has 4 amide bonds. The van der Waals surface area contributed by atoms with Gasteiger partial charge in [-0.25, -0.2) is 4.79 Å². The van der Waals surface area contributed by atoms with Crippen molar-refractivity contribution in [2.75, 3.05) is 7.11 Å². The highest BCUT2D eigenvalue weighted by Crippen LogP contribution is 2.23. The fourth-order valence-electron chi connectivity index (χ4n) is 3.28. The smallest absolute Gasteiger partial charge is 0.331 e. The summed E-state index contributed by atoms with van der Waals surface area (Å²) in [5.41, 5.74) is 1.41. The Morgan fingerprint density at radius 1 is 0.931 bits per heavy atom. The first-order valence-electron chi connectivity index (χ1n) is 9.06. The first kappa shape index (κ1) is 18.4. The monoisotopic (exact) mass is 386 g/mol. The van der Waals surface area contributed by atoms with Crippen LogP contribution in [0.2, 0.25) is 0 Å². The number of carbonyl (C=O) groups excluding carboxylic acids is 3. The molecule has 144 valence electrons. The lowest BCUT2D eigenvalue weighted by Crippen LogP contribution is -2.53. The van der Waals surface area contributed by atoms with E-state index in [-0.39, 0.29) is 12.1 Å². The lowest BCUT2D eigenvalue weighted by atomic mass is 10.0. The molecule has 4 rings (SSSR count). The largest absolute Gasteiger partial charge is 0.497 e. The molecule has 1 fully saturated rings. The molecule has 3 aromatic carbocycles. The van der Waals surface area contributed by atoms with E-state index < -0.39 is 17.8 Å². The van der Waals surface area contributed by atoms with Crippen LogP contribution in [0.4, 0.5) is 4.79 Å². The third-order valence-corrected chi connectivity index (χ3v) is 4.81. The zero-order chi connectivity index (χ0) is 20.4. The van der Waals surface area contributed by atoms with E-state index in [0.717, 1.165) is 26.8 Å². The number of nitrogens with one attached hydrogen (secondary N) is 1. The van der Waals surface area contributed by atoms with E-state index in [2.05, 4.69) is 5.32 Å². The van der Waals surface area contributed by atoms with Gasteiger partial charge < -0.3 is 4.74 Å². The molecule has 0 spiro atoms. The van der Waals surface area contributed by atoms with Crippen LogP contribution in [0.3, 0.4) is 0 Å². The highest BCUT2D eigenvalue weighted by Gasteiger charge is 2.35. The van der Waals surface area contributed by atoms with Gasteiger partial charge in [0.15, 0.2) is 0 Å². The molecule has 1 heterocycles. The summed E-state index contributed by atoms with van der Waals surface area (Å²) in [7, 11) is 1.56. The Bertz CT molecular complexity index is 1140. The lowest BCUT2D eigenvalue weighted by Gasteiger charge is -2.26. The Morgan fingerprint density at radius 2 is 1.66 bits per heavy atom. The van der Waals surface area contributed by atoms with Crippen LogP contribution < -0.4 is 10.1 Å². The summed E-state index contributed by atoms with van der Waals surface area (Å²) in [6.45, 7) is 0.0504. The third kappa shape index (κ3) is 3.60. The molecule has 29 heavy (non-hydrogen) atoms. The number of ether oxygens (including phenoxy) is 1. The van der Waals surface area contributed by atoms with Crippen molar-refractivity contribution in [2.45, 2.75) is 6.54 Å². The maximum absolute atomic E-state index is 13.0. The molecule has 0 unspecified atom stereocenters. The van der Waals surface area contributed by atoms with Gasteiger partial charge in [-0.15, -0.1) is 0 Å². The predicted molar refractivity (Wildman–Crippen MR) is 109 cm³/mol. The van der Waals surface area contributed by atoms with E-state index >= 15 is 0 Å². The summed E-state index contributed by atoms with van der Waals surface area (Å²) in [6, 6.07) is 19.7. The number of rotatable bonds is 4. The van der Waals surface area contributed by atoms with Gasteiger partial charge in [0.05, 0.1) is 13.7 Å². The number of nitrogens with zero attached hydrogens (tertiary/aromatic N) is 1. The van der Waals surface area contributed by atoms with Crippen LogP contribution >= 0.6 is 0 Å². The van der Waals surface area contributed by atoms with E-state index in [1.165, 1.54) is 6.08 Å². The van der Waals surface area contributed by atoms with Gasteiger partial charge in [0.25, 0.3) is 11.8 Å². The minimum Gasteiger partial charge on any atom is -0.497 e. The van der Waals surface area contributed by atoms with Crippen LogP contribution in [0, 0.1) is 0 Å². The zero-order valence-electron chi connectivity index (χ0n) is 15.7. The quantitative estimate of drug-likeness (QED) is 0.550. The Balaban J connectivity index is 1.68. The average Bonchev–Trinajstić information content (AvgIpc) is 2.74. The molecule has 6 heteroatoms. The van der Waals surface area contributed by atoms with Gasteiger partial charge in [-0.1, -0.05) is 54.6 Å². The summed E-state index contributed by atoms with van der Waals surface area (Å²) >= 11 is 0. The van der Waals surface area contributed by atoms with E-state index in [1.807, 2.05) is 42.5 Å². The highest BCUT2D eigenvalue weighted by atomic mass is 16.5. The number of hydrogen-bond acceptors (Lipinski definition) is 4. The van der Waals surface area contributed by atoms with E-state index in [1.54, 1.807) is 31.4 Å². The minimum absolute atomic E-state index is 0.0504. The number of fused-ring (bicyclic) bond motifs is 1. The maximum atomic E-state index is 13.0. The summed E-state index contributed by atoms with van der Waals surface area (Å²) in [4.78, 5) is 38.6. The molecule has 0 radical (unpaired) electrons. The molecule has 1 saturated heterocycles. The van der Waals surface area contributed by atoms with Crippen LogP contribution in [0.5, 0.6) is 5.75 Å². The molecule has 0 saturated carbocycles. The molecule has 1 aliphatic rings. The Kier molecular flexibility index (Phi) is 4.83. The average molecular weight is 386 g/mol. The Hall–Kier alpha value is -3.93. The van der Waals surface area contributed by atoms with Crippen molar-refractivity contribution in [1.82, 2.24) is 10.2 Å². The molecule has 1 aliphatic heterocycles. The van der Waals surface area contributed by atoms with Gasteiger partial charge in [0.2, 0.25) is 0 Å². The molecule has 0 aromatic heterocycles. The number of imide groups is 2. The van der Waals surface area contributed by atoms with Gasteiger partial charge in [0, 0.05) is 0 Å². The van der Waals surface area contributed by atoms with Crippen molar-refractivity contribution in [2.24, 2.45) is 0 Å². The Morgan fingerprint density at radius 3 is 2.41 bits per heavy atom. The predicted octanol–water partition coefficient (Wildman–Crippen LogP) is 3.51. The van der Waals surface area contributed by atoms with Gasteiger partial charge in [0.1, 0.15) is 11.3 Å². The second-order valence-corrected chi connectivity index (χ2v) is 6.63. The fraction of sp³-hybridized carbons (Fsp3) is 0.0870. The SMILES string of the molecule is COc1ccc(CN2C(=O)NC(=O)C(=Cc3cccc4ccccc34)C2=O)cc1. The zero-order valence-corrected chi connectivity index (χ0v) is 15.7. The van der Waals surface area contributed by atoms with Crippen LogP contribution in [0.1, 0.15) is 11.1 Å². The van der Waals surface area contributed by atoms with Crippen molar-refractivity contribution in [1.29, 1.82) is 0 Å². The molecule has 0 atom stereocenters. The Labute approximate surface area is 167 Å². The summed E-state index contributed by atoms with van der Waals surface area (Å²) in [5.74, 6) is -0.642. The first-order chi connectivity index (χ1) is 14.1. The summed E-state index contributed by atoms with van der Waals surface area (Å²) in [6.07, 6.45) is 1.54. The van der Waals surface area contributed by atoms with Gasteiger partial charge in [-0.3, -0.25) is 19.8 Å². The van der Waals surface area contributed by atoms with Crippen LogP contribution in [-0.2, 0) is 16.1 Å². The first-order valence-corrected chi connectivity index (χ1v) is 9.06. The summed E-state index contributed by atoms with van der Waals surface area (Å²) < 4.78 is 5.12. The lowest BCUT2D eigenvalue weighted by molar-refractivity contribution is -0.130. The third-order valence-electron chi connectivity index (χ3n) is 4.81. The minimum atomic E-state index is -0.731. The van der Waals surface area contributed by atoms with E-state index in [0.29, 0.717) is 5.75 Å². The number of urea groups is 1. The number of barbiturate groups is 1. The molecule has 1 N–H and O–H groups in total. The number of methoxy groups -OCH3 is 1. The fourth-order valence-corrected chi connectivity index (χ4v) is 3.28. The molecule has 3 aromatic rings. The maximum Gasteiger partial charge on any atom is 0.331 e. The van der Waals surface area contributed by atoms with Crippen LogP contribution in [0.15, 0.2) is 72.3 Å². The normalized spacial score (nSPS) is 15.7. The molecular formula is C23H18N2O4. The van der Waals surface area contributed by atoms with Gasteiger partial charge >= 0.3 is 6.03 Å². The van der Waals surface area contributed by atoms with Crippen molar-refractivity contribution < 1.29 is 19.1 Å². The van der Waals surface area contributed by atoms with Crippen molar-refractivity contribution in [3.8, 4) is 5.75 Å². The summed E-state index contributed by atoms with van der Waals surface area (Å²) in [5, 5.41) is 4.17. The standard InChI is InChI=1S/C23H18N2O4/c1-29-18-11-9-15(10-12-18)14-25-22(27)20(21(26)24-23(25)28)13-17-7-4-6-16-5-2-3-8-19(16)17/h2-13H,14H2,1H3,(H,24,26,28). The number of carbonyl (C=O) groups is 3. The molecule has 0 bridgehead atoms. The van der Waals surface area contributed by atoms with E-state index in [4.69, 9.17) is 4.74 Å². The van der Waals surface area contributed by atoms with E-state index in [9.17, 15) is 14.4 Å². The van der Waals surface area contributed by atoms with Crippen LogP contribution in [-0.4, -0.2) is 29.9 Å².